The topological polar surface area (TPSA) is 25.8 Å². The van der Waals surface area contributed by atoms with Crippen molar-refractivity contribution in [1.29, 1.82) is 0 Å². The van der Waals surface area contributed by atoms with E-state index in [0.717, 1.165) is 11.3 Å². The van der Waals surface area contributed by atoms with Crippen molar-refractivity contribution in [2.75, 3.05) is 0 Å². The smallest absolute Gasteiger partial charge is 0.134 e. The van der Waals surface area contributed by atoms with Gasteiger partial charge < -0.3 is 0 Å². The maximum Gasteiger partial charge on any atom is 0.134 e. The van der Waals surface area contributed by atoms with Crippen molar-refractivity contribution >= 4 is 11.6 Å². The van der Waals surface area contributed by atoms with Gasteiger partial charge in [0.25, 0.3) is 0 Å². The zero-order valence-corrected chi connectivity index (χ0v) is 11.9. The summed E-state index contributed by atoms with van der Waals surface area (Å²) in [4.78, 5) is 8.93. The van der Waals surface area contributed by atoms with Gasteiger partial charge in [0, 0.05) is 18.0 Å². The fourth-order valence-corrected chi connectivity index (χ4v) is 2.99. The lowest BCUT2D eigenvalue weighted by Crippen LogP contribution is -2.04. The second-order valence-corrected chi connectivity index (χ2v) is 5.70. The molecule has 4 heteroatoms. The Labute approximate surface area is 123 Å². The van der Waals surface area contributed by atoms with Crippen LogP contribution in [0.4, 0.5) is 4.39 Å². The van der Waals surface area contributed by atoms with Crippen LogP contribution in [0.1, 0.15) is 48.7 Å². The van der Waals surface area contributed by atoms with E-state index in [2.05, 4.69) is 9.97 Å². The first kappa shape index (κ1) is 13.5. The molecule has 104 valence electrons. The van der Waals surface area contributed by atoms with E-state index in [4.69, 9.17) is 11.6 Å². The van der Waals surface area contributed by atoms with Crippen molar-refractivity contribution < 1.29 is 4.39 Å². The zero-order chi connectivity index (χ0) is 13.9. The summed E-state index contributed by atoms with van der Waals surface area (Å²) in [5.74, 6) is 1.00. The lowest BCUT2D eigenvalue weighted by Gasteiger charge is -2.10. The van der Waals surface area contributed by atoms with Crippen molar-refractivity contribution in [2.45, 2.75) is 38.0 Å². The minimum atomic E-state index is -0.229. The Morgan fingerprint density at radius 1 is 1.10 bits per heavy atom. The van der Waals surface area contributed by atoms with Crippen LogP contribution < -0.4 is 0 Å². The Bertz CT molecular complexity index is 592. The third kappa shape index (κ3) is 3.15. The molecule has 1 saturated carbocycles. The second-order valence-electron chi connectivity index (χ2n) is 5.32. The molecule has 0 unspecified atom stereocenters. The molecule has 1 heterocycles. The SMILES string of the molecule is Fc1ccc(Cc2nc(Cl)cc(C3CCCC3)n2)cc1. The largest absolute Gasteiger partial charge is 0.237 e. The fourth-order valence-electron chi connectivity index (χ4n) is 2.78. The number of hydrogen-bond donors (Lipinski definition) is 0. The summed E-state index contributed by atoms with van der Waals surface area (Å²) in [7, 11) is 0. The Kier molecular flexibility index (Phi) is 3.97. The van der Waals surface area contributed by atoms with E-state index < -0.39 is 0 Å². The highest BCUT2D eigenvalue weighted by Gasteiger charge is 2.19. The number of aromatic nitrogens is 2. The molecule has 0 N–H and O–H groups in total. The lowest BCUT2D eigenvalue weighted by atomic mass is 10.0. The Morgan fingerprint density at radius 3 is 2.50 bits per heavy atom. The molecule has 1 aromatic carbocycles. The first-order valence-electron chi connectivity index (χ1n) is 6.98. The van der Waals surface area contributed by atoms with E-state index in [1.54, 1.807) is 12.1 Å². The van der Waals surface area contributed by atoms with E-state index >= 15 is 0 Å². The van der Waals surface area contributed by atoms with Gasteiger partial charge in [-0.05, 0) is 36.6 Å². The first-order chi connectivity index (χ1) is 9.70. The van der Waals surface area contributed by atoms with Crippen LogP contribution in [-0.2, 0) is 6.42 Å². The number of halogens is 2. The molecule has 0 aliphatic heterocycles. The van der Waals surface area contributed by atoms with E-state index in [1.165, 1.54) is 37.8 Å². The van der Waals surface area contributed by atoms with Crippen LogP contribution in [0, 0.1) is 5.82 Å². The van der Waals surface area contributed by atoms with Crippen molar-refractivity contribution in [3.8, 4) is 0 Å². The molecular formula is C16H16ClFN2. The molecule has 1 aromatic heterocycles. The normalized spacial score (nSPS) is 15.7. The second kappa shape index (κ2) is 5.88. The van der Waals surface area contributed by atoms with Crippen LogP contribution in [-0.4, -0.2) is 9.97 Å². The highest BCUT2D eigenvalue weighted by molar-refractivity contribution is 6.29. The maximum absolute atomic E-state index is 12.9. The van der Waals surface area contributed by atoms with Gasteiger partial charge in [-0.1, -0.05) is 36.6 Å². The van der Waals surface area contributed by atoms with Crippen LogP contribution in [0.5, 0.6) is 0 Å². The summed E-state index contributed by atoms with van der Waals surface area (Å²) in [6.07, 6.45) is 5.48. The third-order valence-corrected chi connectivity index (χ3v) is 4.00. The highest BCUT2D eigenvalue weighted by Crippen LogP contribution is 2.33. The molecule has 20 heavy (non-hydrogen) atoms. The van der Waals surface area contributed by atoms with Gasteiger partial charge in [0.15, 0.2) is 0 Å². The van der Waals surface area contributed by atoms with Crippen molar-refractivity contribution in [2.24, 2.45) is 0 Å². The predicted molar refractivity (Wildman–Crippen MR) is 77.5 cm³/mol. The first-order valence-corrected chi connectivity index (χ1v) is 7.36. The molecule has 0 radical (unpaired) electrons. The van der Waals surface area contributed by atoms with Gasteiger partial charge in [0.2, 0.25) is 0 Å². The van der Waals surface area contributed by atoms with Gasteiger partial charge in [-0.3, -0.25) is 0 Å². The molecule has 1 aliphatic rings. The van der Waals surface area contributed by atoms with Gasteiger partial charge in [0.05, 0.1) is 0 Å². The van der Waals surface area contributed by atoms with E-state index in [1.807, 2.05) is 6.07 Å². The van der Waals surface area contributed by atoms with Crippen LogP contribution in [0.15, 0.2) is 30.3 Å². The number of hydrogen-bond acceptors (Lipinski definition) is 2. The zero-order valence-electron chi connectivity index (χ0n) is 11.1. The molecule has 0 saturated heterocycles. The average molecular weight is 291 g/mol. The van der Waals surface area contributed by atoms with E-state index in [0.29, 0.717) is 23.3 Å². The van der Waals surface area contributed by atoms with Crippen LogP contribution >= 0.6 is 11.6 Å². The summed E-state index contributed by atoms with van der Waals surface area (Å²) >= 11 is 6.11. The van der Waals surface area contributed by atoms with Gasteiger partial charge in [-0.15, -0.1) is 0 Å². The molecule has 0 amide bonds. The molecule has 1 aliphatic carbocycles. The summed E-state index contributed by atoms with van der Waals surface area (Å²) in [6, 6.07) is 8.31. The number of nitrogens with zero attached hydrogens (tertiary/aromatic N) is 2. The van der Waals surface area contributed by atoms with Gasteiger partial charge in [-0.25, -0.2) is 14.4 Å². The molecule has 0 atom stereocenters. The van der Waals surface area contributed by atoms with E-state index in [-0.39, 0.29) is 5.82 Å². The van der Waals surface area contributed by atoms with Gasteiger partial charge >= 0.3 is 0 Å². The average Bonchev–Trinajstić information content (AvgIpc) is 2.95. The standard InChI is InChI=1S/C16H16ClFN2/c17-15-10-14(12-3-1-2-4-12)19-16(20-15)9-11-5-7-13(18)8-6-11/h5-8,10,12H,1-4,9H2. The van der Waals surface area contributed by atoms with Gasteiger partial charge in [-0.2, -0.15) is 0 Å². The van der Waals surface area contributed by atoms with Crippen molar-refractivity contribution in [3.05, 3.63) is 58.4 Å². The summed E-state index contributed by atoms with van der Waals surface area (Å²) in [5, 5.41) is 0.499. The Morgan fingerprint density at radius 2 is 1.80 bits per heavy atom. The van der Waals surface area contributed by atoms with Gasteiger partial charge in [0.1, 0.15) is 16.8 Å². The molecule has 2 aromatic rings. The Hall–Kier alpha value is -1.48. The maximum atomic E-state index is 12.9. The number of benzene rings is 1. The Balaban J connectivity index is 1.83. The minimum Gasteiger partial charge on any atom is -0.237 e. The fraction of sp³-hybridized carbons (Fsp3) is 0.375. The molecule has 3 rings (SSSR count). The summed E-state index contributed by atoms with van der Waals surface area (Å²) in [6.45, 7) is 0. The molecule has 2 nitrogen and oxygen atoms in total. The number of rotatable bonds is 3. The summed E-state index contributed by atoms with van der Waals surface area (Å²) in [5.41, 5.74) is 2.05. The lowest BCUT2D eigenvalue weighted by molar-refractivity contribution is 0.627. The van der Waals surface area contributed by atoms with Crippen LogP contribution in [0.25, 0.3) is 0 Å². The molecule has 1 fully saturated rings. The molecule has 0 spiro atoms. The third-order valence-electron chi connectivity index (χ3n) is 3.81. The molecule has 0 bridgehead atoms. The van der Waals surface area contributed by atoms with Crippen LogP contribution in [0.2, 0.25) is 5.15 Å². The molecular weight excluding hydrogens is 275 g/mol. The van der Waals surface area contributed by atoms with Crippen molar-refractivity contribution in [3.63, 3.8) is 0 Å². The van der Waals surface area contributed by atoms with Crippen LogP contribution in [0.3, 0.4) is 0 Å². The van der Waals surface area contributed by atoms with E-state index in [9.17, 15) is 4.39 Å². The van der Waals surface area contributed by atoms with Crippen molar-refractivity contribution in [1.82, 2.24) is 9.97 Å². The predicted octanol–water partition coefficient (Wildman–Crippen LogP) is 4.52. The summed E-state index contributed by atoms with van der Waals surface area (Å²) < 4.78 is 12.9. The minimum absolute atomic E-state index is 0.229. The quantitative estimate of drug-likeness (QED) is 0.777. The monoisotopic (exact) mass is 290 g/mol. The highest BCUT2D eigenvalue weighted by atomic mass is 35.5.